The SMILES string of the molecule is CC(=O)Cc1c(C)nc(C)c(/C=C(\C)c2ccnc(C)c2)c1-c1ccc(Cl)cc1. The fourth-order valence-corrected chi connectivity index (χ4v) is 3.71. The summed E-state index contributed by atoms with van der Waals surface area (Å²) in [5.41, 5.74) is 9.11. The molecule has 2 aromatic heterocycles. The third-order valence-electron chi connectivity index (χ3n) is 5.00. The number of aromatic nitrogens is 2. The summed E-state index contributed by atoms with van der Waals surface area (Å²) in [6.45, 7) is 9.67. The molecule has 3 aromatic rings. The third-order valence-corrected chi connectivity index (χ3v) is 5.26. The molecule has 1 aromatic carbocycles. The molecule has 0 saturated carbocycles. The number of aryl methyl sites for hydroxylation is 3. The molecule has 0 N–H and O–H groups in total. The monoisotopic (exact) mass is 404 g/mol. The van der Waals surface area contributed by atoms with Gasteiger partial charge in [-0.25, -0.2) is 0 Å². The molecule has 0 aliphatic heterocycles. The van der Waals surface area contributed by atoms with Crippen molar-refractivity contribution in [3.63, 3.8) is 0 Å². The van der Waals surface area contributed by atoms with Crippen molar-refractivity contribution in [3.05, 3.63) is 81.4 Å². The average Bonchev–Trinajstić information content (AvgIpc) is 2.66. The Hall–Kier alpha value is -2.78. The highest BCUT2D eigenvalue weighted by Gasteiger charge is 2.18. The van der Waals surface area contributed by atoms with E-state index in [-0.39, 0.29) is 5.78 Å². The van der Waals surface area contributed by atoms with Gasteiger partial charge >= 0.3 is 0 Å². The largest absolute Gasteiger partial charge is 0.300 e. The maximum atomic E-state index is 12.0. The molecule has 148 valence electrons. The lowest BCUT2D eigenvalue weighted by Gasteiger charge is -2.18. The van der Waals surface area contributed by atoms with E-state index in [9.17, 15) is 4.79 Å². The molecule has 3 rings (SSSR count). The van der Waals surface area contributed by atoms with Crippen molar-refractivity contribution in [2.45, 2.75) is 41.0 Å². The molecule has 0 radical (unpaired) electrons. The van der Waals surface area contributed by atoms with Gasteiger partial charge in [-0.2, -0.15) is 0 Å². The summed E-state index contributed by atoms with van der Waals surface area (Å²) in [5.74, 6) is 0.116. The zero-order valence-corrected chi connectivity index (χ0v) is 18.3. The van der Waals surface area contributed by atoms with Crippen molar-refractivity contribution in [3.8, 4) is 11.1 Å². The number of ketones is 1. The Bertz CT molecular complexity index is 1100. The summed E-state index contributed by atoms with van der Waals surface area (Å²) < 4.78 is 0. The van der Waals surface area contributed by atoms with Crippen molar-refractivity contribution in [2.24, 2.45) is 0 Å². The molecule has 0 amide bonds. The maximum absolute atomic E-state index is 12.0. The minimum absolute atomic E-state index is 0.116. The number of nitrogens with zero attached hydrogens (tertiary/aromatic N) is 2. The Labute approximate surface area is 177 Å². The molecule has 0 fully saturated rings. The van der Waals surface area contributed by atoms with E-state index in [1.807, 2.05) is 57.3 Å². The molecule has 0 aliphatic carbocycles. The lowest BCUT2D eigenvalue weighted by atomic mass is 9.89. The second-order valence-electron chi connectivity index (χ2n) is 7.45. The van der Waals surface area contributed by atoms with Gasteiger partial charge in [0.1, 0.15) is 5.78 Å². The normalized spacial score (nSPS) is 11.6. The van der Waals surface area contributed by atoms with Crippen molar-refractivity contribution in [1.29, 1.82) is 0 Å². The first-order valence-electron chi connectivity index (χ1n) is 9.63. The number of hydrogen-bond donors (Lipinski definition) is 0. The van der Waals surface area contributed by atoms with E-state index in [0.717, 1.165) is 50.5 Å². The van der Waals surface area contributed by atoms with Gasteiger partial charge in [0.25, 0.3) is 0 Å². The first-order chi connectivity index (χ1) is 13.8. The second-order valence-corrected chi connectivity index (χ2v) is 7.89. The highest BCUT2D eigenvalue weighted by atomic mass is 35.5. The van der Waals surface area contributed by atoms with E-state index in [0.29, 0.717) is 11.4 Å². The second kappa shape index (κ2) is 8.71. The topological polar surface area (TPSA) is 42.9 Å². The molecule has 2 heterocycles. The summed E-state index contributed by atoms with van der Waals surface area (Å²) >= 11 is 6.12. The van der Waals surface area contributed by atoms with Gasteiger partial charge in [0.15, 0.2) is 0 Å². The molecule has 0 saturated heterocycles. The smallest absolute Gasteiger partial charge is 0.134 e. The number of pyridine rings is 2. The van der Waals surface area contributed by atoms with Gasteiger partial charge in [0, 0.05) is 40.3 Å². The summed E-state index contributed by atoms with van der Waals surface area (Å²) in [4.78, 5) is 21.1. The van der Waals surface area contributed by atoms with Crippen LogP contribution >= 0.6 is 11.6 Å². The lowest BCUT2D eigenvalue weighted by Crippen LogP contribution is -2.07. The number of Topliss-reactive ketones (excluding diaryl/α,β-unsaturated/α-hetero) is 1. The van der Waals surface area contributed by atoms with Crippen LogP contribution in [0.3, 0.4) is 0 Å². The van der Waals surface area contributed by atoms with Crippen LogP contribution in [0.4, 0.5) is 0 Å². The predicted octanol–water partition coefficient (Wildman–Crippen LogP) is 6.41. The van der Waals surface area contributed by atoms with E-state index in [4.69, 9.17) is 16.6 Å². The summed E-state index contributed by atoms with van der Waals surface area (Å²) in [5, 5.41) is 0.685. The van der Waals surface area contributed by atoms with Crippen molar-refractivity contribution in [2.75, 3.05) is 0 Å². The highest BCUT2D eigenvalue weighted by Crippen LogP contribution is 2.35. The maximum Gasteiger partial charge on any atom is 0.134 e. The Balaban J connectivity index is 2.28. The van der Waals surface area contributed by atoms with Gasteiger partial charge in [-0.05, 0) is 92.8 Å². The Morgan fingerprint density at radius 3 is 2.34 bits per heavy atom. The first kappa shape index (κ1) is 20.9. The predicted molar refractivity (Wildman–Crippen MR) is 121 cm³/mol. The molecule has 3 nitrogen and oxygen atoms in total. The van der Waals surface area contributed by atoms with Crippen LogP contribution in [0.1, 0.15) is 47.6 Å². The van der Waals surface area contributed by atoms with Gasteiger partial charge in [-0.3, -0.25) is 14.8 Å². The van der Waals surface area contributed by atoms with Crippen molar-refractivity contribution >= 4 is 29.0 Å². The van der Waals surface area contributed by atoms with Gasteiger partial charge in [0.05, 0.1) is 0 Å². The Kier molecular flexibility index (Phi) is 6.29. The fraction of sp³-hybridized carbons (Fsp3) is 0.240. The standard InChI is InChI=1S/C25H25ClN2O/c1-15(21-10-11-27-16(2)13-21)12-23-18(4)28-19(5)24(14-17(3)29)25(23)20-6-8-22(26)9-7-20/h6-13H,14H2,1-5H3/b15-12+. The van der Waals surface area contributed by atoms with Crippen LogP contribution in [0, 0.1) is 20.8 Å². The van der Waals surface area contributed by atoms with Crippen LogP contribution in [-0.4, -0.2) is 15.8 Å². The minimum atomic E-state index is 0.116. The fourth-order valence-electron chi connectivity index (χ4n) is 3.58. The van der Waals surface area contributed by atoms with Gasteiger partial charge < -0.3 is 0 Å². The molecular weight excluding hydrogens is 380 g/mol. The zero-order chi connectivity index (χ0) is 21.1. The van der Waals surface area contributed by atoms with E-state index in [1.165, 1.54) is 0 Å². The van der Waals surface area contributed by atoms with E-state index in [1.54, 1.807) is 6.92 Å². The number of rotatable bonds is 5. The molecule has 0 bridgehead atoms. The molecule has 0 spiro atoms. The van der Waals surface area contributed by atoms with Crippen LogP contribution in [0.15, 0.2) is 42.6 Å². The van der Waals surface area contributed by atoms with Crippen molar-refractivity contribution < 1.29 is 4.79 Å². The number of allylic oxidation sites excluding steroid dienone is 1. The number of carbonyl (C=O) groups is 1. The van der Waals surface area contributed by atoms with Crippen molar-refractivity contribution in [1.82, 2.24) is 9.97 Å². The summed E-state index contributed by atoms with van der Waals surface area (Å²) in [7, 11) is 0. The first-order valence-corrected chi connectivity index (χ1v) is 10.0. The van der Waals surface area contributed by atoms with Crippen LogP contribution in [0.2, 0.25) is 5.02 Å². The molecule has 0 atom stereocenters. The molecule has 0 unspecified atom stereocenters. The molecular formula is C25H25ClN2O. The Morgan fingerprint density at radius 2 is 1.72 bits per heavy atom. The van der Waals surface area contributed by atoms with E-state index < -0.39 is 0 Å². The quantitative estimate of drug-likeness (QED) is 0.493. The number of hydrogen-bond acceptors (Lipinski definition) is 3. The zero-order valence-electron chi connectivity index (χ0n) is 17.5. The lowest BCUT2D eigenvalue weighted by molar-refractivity contribution is -0.116. The van der Waals surface area contributed by atoms with E-state index >= 15 is 0 Å². The molecule has 4 heteroatoms. The number of carbonyl (C=O) groups excluding carboxylic acids is 1. The Morgan fingerprint density at radius 1 is 1.03 bits per heavy atom. The third kappa shape index (κ3) is 4.80. The minimum Gasteiger partial charge on any atom is -0.300 e. The van der Waals surface area contributed by atoms with Gasteiger partial charge in [-0.15, -0.1) is 0 Å². The van der Waals surface area contributed by atoms with Crippen LogP contribution in [-0.2, 0) is 11.2 Å². The number of benzene rings is 1. The average molecular weight is 405 g/mol. The van der Waals surface area contributed by atoms with Gasteiger partial charge in [-0.1, -0.05) is 23.7 Å². The molecule has 29 heavy (non-hydrogen) atoms. The van der Waals surface area contributed by atoms with Crippen LogP contribution < -0.4 is 0 Å². The van der Waals surface area contributed by atoms with Crippen LogP contribution in [0.25, 0.3) is 22.8 Å². The van der Waals surface area contributed by atoms with Gasteiger partial charge in [0.2, 0.25) is 0 Å². The summed E-state index contributed by atoms with van der Waals surface area (Å²) in [6.07, 6.45) is 4.33. The number of halogens is 1. The highest BCUT2D eigenvalue weighted by molar-refractivity contribution is 6.30. The molecule has 0 aliphatic rings. The summed E-state index contributed by atoms with van der Waals surface area (Å²) in [6, 6.07) is 11.8. The van der Waals surface area contributed by atoms with E-state index in [2.05, 4.69) is 24.1 Å². The van der Waals surface area contributed by atoms with Crippen LogP contribution in [0.5, 0.6) is 0 Å².